The van der Waals surface area contributed by atoms with Crippen LogP contribution in [-0.2, 0) is 10.8 Å². The predicted molar refractivity (Wildman–Crippen MR) is 93.6 cm³/mol. The number of non-ortho nitro benzene ring substituents is 1. The molecule has 1 aliphatic heterocycles. The van der Waals surface area contributed by atoms with Crippen LogP contribution in [0.3, 0.4) is 0 Å². The van der Waals surface area contributed by atoms with E-state index in [1.165, 1.54) is 12.1 Å². The Kier molecular flexibility index (Phi) is 4.71. The maximum Gasteiger partial charge on any atom is 0.269 e. The number of benzene rings is 1. The van der Waals surface area contributed by atoms with Gasteiger partial charge < -0.3 is 0 Å². The Morgan fingerprint density at radius 2 is 2.12 bits per heavy atom. The van der Waals surface area contributed by atoms with Crippen LogP contribution < -0.4 is 5.43 Å². The van der Waals surface area contributed by atoms with Crippen molar-refractivity contribution in [2.45, 2.75) is 13.0 Å². The molecule has 126 valence electrons. The van der Waals surface area contributed by atoms with Gasteiger partial charge in [-0.3, -0.25) is 14.3 Å². The second-order valence-electron chi connectivity index (χ2n) is 5.19. The molecule has 0 unspecified atom stereocenters. The highest BCUT2D eigenvalue weighted by atomic mass is 79.9. The second-order valence-corrected chi connectivity index (χ2v) is 7.44. The molecule has 1 aromatic heterocycles. The molecule has 2 aromatic rings. The first-order chi connectivity index (χ1) is 11.4. The van der Waals surface area contributed by atoms with Gasteiger partial charge in [0.1, 0.15) is 0 Å². The normalized spacial score (nSPS) is 20.5. The Bertz CT molecular complexity index is 827. The third kappa shape index (κ3) is 3.51. The minimum absolute atomic E-state index is 0.0289. The molecule has 0 aliphatic carbocycles. The van der Waals surface area contributed by atoms with Gasteiger partial charge in [0, 0.05) is 34.4 Å². The summed E-state index contributed by atoms with van der Waals surface area (Å²) in [6.07, 6.45) is 0. The number of hydrogen-bond acceptors (Lipinski definition) is 7. The number of hydrogen-bond donors (Lipinski definition) is 1. The topological polar surface area (TPSA) is 115 Å². The number of nitrogens with one attached hydrogen (secondary N) is 1. The highest BCUT2D eigenvalue weighted by Gasteiger charge is 2.30. The zero-order valence-corrected chi connectivity index (χ0v) is 15.0. The van der Waals surface area contributed by atoms with Crippen LogP contribution in [0.4, 0.5) is 11.6 Å². The lowest BCUT2D eigenvalue weighted by molar-refractivity contribution is -0.384. The fraction of sp³-hybridized carbons (Fsp3) is 0.308. The summed E-state index contributed by atoms with van der Waals surface area (Å²) >= 11 is 3.22. The number of aromatic nitrogens is 3. The summed E-state index contributed by atoms with van der Waals surface area (Å²) < 4.78 is 13.4. The average Bonchev–Trinajstić information content (AvgIpc) is 2.90. The number of nitrogens with zero attached hydrogens (tertiary/aromatic N) is 5. The molecule has 0 amide bonds. The van der Waals surface area contributed by atoms with E-state index in [1.807, 2.05) is 0 Å². The summed E-state index contributed by atoms with van der Waals surface area (Å²) in [7, 11) is -0.793. The van der Waals surface area contributed by atoms with Crippen molar-refractivity contribution in [3.05, 3.63) is 44.7 Å². The summed E-state index contributed by atoms with van der Waals surface area (Å²) in [6.45, 7) is 1.78. The summed E-state index contributed by atoms with van der Waals surface area (Å²) in [6, 6.07) is 6.17. The van der Waals surface area contributed by atoms with E-state index in [-0.39, 0.29) is 11.7 Å². The van der Waals surface area contributed by atoms with Crippen molar-refractivity contribution in [1.29, 1.82) is 0 Å². The van der Waals surface area contributed by atoms with Crippen LogP contribution in [0.2, 0.25) is 0 Å². The van der Waals surface area contributed by atoms with Gasteiger partial charge in [-0.15, -0.1) is 5.10 Å². The monoisotopic (exact) mass is 412 g/mol. The molecule has 9 nitrogen and oxygen atoms in total. The van der Waals surface area contributed by atoms with Crippen molar-refractivity contribution < 1.29 is 9.13 Å². The molecule has 3 rings (SSSR count). The lowest BCUT2D eigenvalue weighted by Crippen LogP contribution is -2.34. The highest BCUT2D eigenvalue weighted by molar-refractivity contribution is 9.10. The smallest absolute Gasteiger partial charge is 0.259 e. The highest BCUT2D eigenvalue weighted by Crippen LogP contribution is 2.24. The quantitative estimate of drug-likeness (QED) is 0.456. The molecule has 24 heavy (non-hydrogen) atoms. The summed E-state index contributed by atoms with van der Waals surface area (Å²) in [5.74, 6) is 1.55. The molecule has 0 radical (unpaired) electrons. The van der Waals surface area contributed by atoms with Crippen molar-refractivity contribution in [2.24, 2.45) is 5.10 Å². The number of hydrazone groups is 1. The van der Waals surface area contributed by atoms with Crippen LogP contribution in [0.15, 0.2) is 34.1 Å². The van der Waals surface area contributed by atoms with E-state index >= 15 is 0 Å². The molecule has 11 heteroatoms. The first kappa shape index (κ1) is 16.7. The van der Waals surface area contributed by atoms with Gasteiger partial charge in [-0.25, -0.2) is 10.1 Å². The summed E-state index contributed by atoms with van der Waals surface area (Å²) in [5.41, 5.74) is 4.28. The maximum atomic E-state index is 11.3. The van der Waals surface area contributed by atoms with Gasteiger partial charge >= 0.3 is 0 Å². The molecule has 0 spiro atoms. The van der Waals surface area contributed by atoms with Gasteiger partial charge in [-0.2, -0.15) is 10.1 Å². The van der Waals surface area contributed by atoms with E-state index in [0.717, 1.165) is 5.56 Å². The maximum absolute atomic E-state index is 11.3. The average molecular weight is 413 g/mol. The molecular weight excluding hydrogens is 400 g/mol. The summed E-state index contributed by atoms with van der Waals surface area (Å²) in [4.78, 5) is 14.4. The molecule has 1 saturated heterocycles. The number of anilines is 1. The van der Waals surface area contributed by atoms with Crippen molar-refractivity contribution >= 4 is 44.1 Å². The number of rotatable bonds is 5. The molecule has 0 atom stereocenters. The predicted octanol–water partition coefficient (Wildman–Crippen LogP) is 2.09. The summed E-state index contributed by atoms with van der Waals surface area (Å²) in [5, 5.41) is 19.2. The van der Waals surface area contributed by atoms with E-state index in [4.69, 9.17) is 0 Å². The van der Waals surface area contributed by atoms with E-state index < -0.39 is 15.7 Å². The van der Waals surface area contributed by atoms with E-state index in [9.17, 15) is 14.3 Å². The number of halogens is 1. The first-order valence-corrected chi connectivity index (χ1v) is 9.24. The van der Waals surface area contributed by atoms with E-state index in [0.29, 0.717) is 27.9 Å². The van der Waals surface area contributed by atoms with Crippen molar-refractivity contribution in [1.82, 2.24) is 14.8 Å². The molecule has 1 N–H and O–H groups in total. The fourth-order valence-electron chi connectivity index (χ4n) is 2.17. The third-order valence-electron chi connectivity index (χ3n) is 3.53. The van der Waals surface area contributed by atoms with Crippen LogP contribution in [0.5, 0.6) is 0 Å². The van der Waals surface area contributed by atoms with Crippen LogP contribution in [0.25, 0.3) is 0 Å². The third-order valence-corrected chi connectivity index (χ3v) is 5.38. The largest absolute Gasteiger partial charge is 0.269 e. The van der Waals surface area contributed by atoms with Gasteiger partial charge in [0.05, 0.1) is 16.7 Å². The minimum Gasteiger partial charge on any atom is -0.259 e. The lowest BCUT2D eigenvalue weighted by atomic mass is 10.1. The molecule has 1 aliphatic rings. The van der Waals surface area contributed by atoms with Crippen LogP contribution >= 0.6 is 15.9 Å². The van der Waals surface area contributed by atoms with E-state index in [1.54, 1.807) is 23.7 Å². The molecule has 1 aromatic carbocycles. The first-order valence-electron chi connectivity index (χ1n) is 6.96. The molecule has 0 bridgehead atoms. The Morgan fingerprint density at radius 1 is 1.46 bits per heavy atom. The molecule has 2 heterocycles. The Balaban J connectivity index is 1.75. The standard InChI is InChI=1S/C13H13BrN6O3S/c1-8(9-2-4-10(5-3-9)20(21)22)16-17-13-15-12(14)18-19(13)11-6-24(23)7-11/h2-5,11H,6-7H2,1H3,(H,15,17,18). The fourth-order valence-corrected chi connectivity index (χ4v) is 3.55. The van der Waals surface area contributed by atoms with Gasteiger partial charge in [-0.1, -0.05) is 0 Å². The number of nitro benzene ring substituents is 1. The Labute approximate surface area is 147 Å². The van der Waals surface area contributed by atoms with Gasteiger partial charge in [0.15, 0.2) is 0 Å². The van der Waals surface area contributed by atoms with Crippen molar-refractivity contribution in [3.63, 3.8) is 0 Å². The molecule has 0 saturated carbocycles. The Hall–Kier alpha value is -2.14. The SMILES string of the molecule is CC(=NNc1nc(Br)nn1C1CS(=O)C1)c1ccc([N+](=O)[O-])cc1. The zero-order valence-electron chi connectivity index (χ0n) is 12.5. The van der Waals surface area contributed by atoms with Crippen LogP contribution in [0, 0.1) is 10.1 Å². The van der Waals surface area contributed by atoms with E-state index in [2.05, 4.69) is 36.5 Å². The number of nitro groups is 1. The van der Waals surface area contributed by atoms with Crippen LogP contribution in [-0.4, -0.2) is 41.1 Å². The zero-order chi connectivity index (χ0) is 17.3. The van der Waals surface area contributed by atoms with Gasteiger partial charge in [0.25, 0.3) is 5.69 Å². The molecule has 1 fully saturated rings. The second kappa shape index (κ2) is 6.77. The van der Waals surface area contributed by atoms with Crippen molar-refractivity contribution in [3.8, 4) is 0 Å². The lowest BCUT2D eigenvalue weighted by Gasteiger charge is -2.25. The van der Waals surface area contributed by atoms with Gasteiger partial charge in [-0.05, 0) is 40.5 Å². The molecular formula is C13H13BrN6O3S. The van der Waals surface area contributed by atoms with Crippen LogP contribution in [0.1, 0.15) is 18.5 Å². The minimum atomic E-state index is -0.793. The van der Waals surface area contributed by atoms with Gasteiger partial charge in [0.2, 0.25) is 10.7 Å². The van der Waals surface area contributed by atoms with Crippen molar-refractivity contribution in [2.75, 3.05) is 16.9 Å². The Morgan fingerprint density at radius 3 is 2.71 bits per heavy atom.